The summed E-state index contributed by atoms with van der Waals surface area (Å²) in [4.78, 5) is 11.9. The maximum absolute atomic E-state index is 10.4. The van der Waals surface area contributed by atoms with Crippen molar-refractivity contribution in [1.29, 1.82) is 0 Å². The molecule has 10 heavy (non-hydrogen) atoms. The van der Waals surface area contributed by atoms with E-state index in [0.717, 1.165) is 0 Å². The number of likely N-dealkylation sites (tertiary alicyclic amines) is 1. The molecule has 58 valence electrons. The minimum atomic E-state index is -0.848. The molecule has 2 N–H and O–H groups in total. The Bertz CT molecular complexity index is 148. The molecule has 0 aromatic heterocycles. The predicted octanol–water partition coefficient (Wildman–Crippen LogP) is -0.516. The highest BCUT2D eigenvalue weighted by Gasteiger charge is 2.33. The van der Waals surface area contributed by atoms with E-state index in [1.54, 1.807) is 7.05 Å². The first-order valence-corrected chi connectivity index (χ1v) is 3.25. The van der Waals surface area contributed by atoms with Gasteiger partial charge in [-0.05, 0) is 19.9 Å². The van der Waals surface area contributed by atoms with Gasteiger partial charge in [0.1, 0.15) is 12.3 Å². The summed E-state index contributed by atoms with van der Waals surface area (Å²) in [5.74, 6) is -0.848. The van der Waals surface area contributed by atoms with E-state index in [9.17, 15) is 4.79 Å². The Morgan fingerprint density at radius 3 is 2.40 bits per heavy atom. The number of aliphatic carboxylic acids is 1. The zero-order chi connectivity index (χ0) is 7.72. The van der Waals surface area contributed by atoms with Crippen LogP contribution in [0, 0.1) is 0 Å². The van der Waals surface area contributed by atoms with Crippen LogP contribution in [0.4, 0.5) is 0 Å². The lowest BCUT2D eigenvalue weighted by molar-refractivity contribution is -0.143. The van der Waals surface area contributed by atoms with Crippen molar-refractivity contribution >= 4 is 5.97 Å². The number of likely N-dealkylation sites (N-methyl/N-ethyl adjacent to an activating group) is 1. The summed E-state index contributed by atoms with van der Waals surface area (Å²) in [5, 5.41) is 17.6. The van der Waals surface area contributed by atoms with Crippen molar-refractivity contribution in [3.05, 3.63) is 0 Å². The van der Waals surface area contributed by atoms with Crippen LogP contribution in [0.25, 0.3) is 0 Å². The van der Waals surface area contributed by atoms with Crippen molar-refractivity contribution < 1.29 is 15.0 Å². The number of hydrogen-bond donors (Lipinski definition) is 2. The molecule has 1 rings (SSSR count). The average molecular weight is 145 g/mol. The molecular weight excluding hydrogens is 134 g/mol. The quantitative estimate of drug-likeness (QED) is 0.521. The van der Waals surface area contributed by atoms with Gasteiger partial charge >= 0.3 is 5.97 Å². The molecule has 0 aliphatic carbocycles. The summed E-state index contributed by atoms with van der Waals surface area (Å²) in [6.07, 6.45) is 0.543. The molecule has 1 aliphatic heterocycles. The van der Waals surface area contributed by atoms with Gasteiger partial charge < -0.3 is 10.2 Å². The molecule has 0 bridgehead atoms. The second-order valence-corrected chi connectivity index (χ2v) is 2.58. The fraction of sp³-hybridized carbons (Fsp3) is 0.833. The normalized spacial score (nSPS) is 34.6. The summed E-state index contributed by atoms with van der Waals surface area (Å²) in [5.41, 5.74) is 0. The Kier molecular flexibility index (Phi) is 1.92. The molecular formula is C6H11NO3. The van der Waals surface area contributed by atoms with E-state index in [0.29, 0.717) is 12.8 Å². The SMILES string of the molecule is CN1C(O)CCC1C(=O)O. The standard InChI is InChI=1S/C6H11NO3/c1-7-4(6(9)10)2-3-5(7)8/h4-5,8H,2-3H2,1H3,(H,9,10). The fourth-order valence-corrected chi connectivity index (χ4v) is 1.22. The second kappa shape index (κ2) is 2.56. The van der Waals surface area contributed by atoms with Crippen LogP contribution < -0.4 is 0 Å². The van der Waals surface area contributed by atoms with Gasteiger partial charge in [0.05, 0.1) is 0 Å². The molecule has 4 heteroatoms. The molecule has 1 fully saturated rings. The molecule has 0 aromatic rings. The maximum Gasteiger partial charge on any atom is 0.320 e. The van der Waals surface area contributed by atoms with Gasteiger partial charge in [-0.1, -0.05) is 0 Å². The van der Waals surface area contributed by atoms with E-state index < -0.39 is 18.2 Å². The van der Waals surface area contributed by atoms with E-state index in [-0.39, 0.29) is 0 Å². The van der Waals surface area contributed by atoms with E-state index in [1.165, 1.54) is 4.90 Å². The monoisotopic (exact) mass is 145 g/mol. The number of rotatable bonds is 1. The van der Waals surface area contributed by atoms with Crippen LogP contribution in [0.5, 0.6) is 0 Å². The number of hydrogen-bond acceptors (Lipinski definition) is 3. The number of nitrogens with zero attached hydrogens (tertiary/aromatic N) is 1. The van der Waals surface area contributed by atoms with Crippen LogP contribution in [0.15, 0.2) is 0 Å². The highest BCUT2D eigenvalue weighted by Crippen LogP contribution is 2.19. The third kappa shape index (κ3) is 1.12. The van der Waals surface area contributed by atoms with Gasteiger partial charge in [-0.3, -0.25) is 9.69 Å². The Labute approximate surface area is 59.1 Å². The van der Waals surface area contributed by atoms with Crippen molar-refractivity contribution in [2.75, 3.05) is 7.05 Å². The summed E-state index contributed by atoms with van der Waals surface area (Å²) in [6, 6.07) is -0.491. The average Bonchev–Trinajstić information content (AvgIpc) is 2.14. The summed E-state index contributed by atoms with van der Waals surface area (Å²) in [7, 11) is 1.62. The van der Waals surface area contributed by atoms with Gasteiger partial charge in [-0.25, -0.2) is 0 Å². The molecule has 2 atom stereocenters. The first-order valence-electron chi connectivity index (χ1n) is 3.25. The molecule has 1 aliphatic rings. The third-order valence-electron chi connectivity index (χ3n) is 1.95. The highest BCUT2D eigenvalue weighted by molar-refractivity contribution is 5.73. The summed E-state index contributed by atoms with van der Waals surface area (Å²) in [6.45, 7) is 0. The number of carbonyl (C=O) groups is 1. The lowest BCUT2D eigenvalue weighted by Crippen LogP contribution is -2.37. The number of carboxylic acid groups (broad SMARTS) is 1. The van der Waals surface area contributed by atoms with E-state index in [4.69, 9.17) is 10.2 Å². The third-order valence-corrected chi connectivity index (χ3v) is 1.95. The lowest BCUT2D eigenvalue weighted by atomic mass is 10.2. The van der Waals surface area contributed by atoms with Crippen LogP contribution in [0.3, 0.4) is 0 Å². The van der Waals surface area contributed by atoms with E-state index in [2.05, 4.69) is 0 Å². The van der Waals surface area contributed by atoms with E-state index in [1.807, 2.05) is 0 Å². The van der Waals surface area contributed by atoms with Crippen molar-refractivity contribution in [2.45, 2.75) is 25.1 Å². The highest BCUT2D eigenvalue weighted by atomic mass is 16.4. The van der Waals surface area contributed by atoms with Crippen LogP contribution in [-0.2, 0) is 4.79 Å². The van der Waals surface area contributed by atoms with Crippen molar-refractivity contribution in [3.8, 4) is 0 Å². The lowest BCUT2D eigenvalue weighted by Gasteiger charge is -2.17. The van der Waals surface area contributed by atoms with Crippen molar-refractivity contribution in [3.63, 3.8) is 0 Å². The molecule has 0 saturated carbocycles. The largest absolute Gasteiger partial charge is 0.480 e. The number of aliphatic hydroxyl groups excluding tert-OH is 1. The van der Waals surface area contributed by atoms with Gasteiger partial charge in [0, 0.05) is 0 Å². The molecule has 1 saturated heterocycles. The maximum atomic E-state index is 10.4. The topological polar surface area (TPSA) is 60.8 Å². The summed E-state index contributed by atoms with van der Waals surface area (Å²) < 4.78 is 0. The van der Waals surface area contributed by atoms with Crippen LogP contribution in [0.2, 0.25) is 0 Å². The molecule has 0 aromatic carbocycles. The number of aliphatic hydroxyl groups is 1. The van der Waals surface area contributed by atoms with E-state index >= 15 is 0 Å². The minimum Gasteiger partial charge on any atom is -0.480 e. The first kappa shape index (κ1) is 7.50. The van der Waals surface area contributed by atoms with Gasteiger partial charge in [-0.15, -0.1) is 0 Å². The second-order valence-electron chi connectivity index (χ2n) is 2.58. The Hall–Kier alpha value is -0.610. The molecule has 1 heterocycles. The van der Waals surface area contributed by atoms with Gasteiger partial charge in [0.2, 0.25) is 0 Å². The van der Waals surface area contributed by atoms with Crippen LogP contribution in [-0.4, -0.2) is 40.4 Å². The van der Waals surface area contributed by atoms with Crippen molar-refractivity contribution in [1.82, 2.24) is 4.90 Å². The minimum absolute atomic E-state index is 0.491. The van der Waals surface area contributed by atoms with Gasteiger partial charge in [0.25, 0.3) is 0 Å². The van der Waals surface area contributed by atoms with Gasteiger partial charge in [-0.2, -0.15) is 0 Å². The fourth-order valence-electron chi connectivity index (χ4n) is 1.22. The number of carboxylic acids is 1. The molecule has 0 radical (unpaired) electrons. The summed E-state index contributed by atoms with van der Waals surface area (Å²) >= 11 is 0. The zero-order valence-corrected chi connectivity index (χ0v) is 5.82. The zero-order valence-electron chi connectivity index (χ0n) is 5.82. The van der Waals surface area contributed by atoms with Crippen LogP contribution in [0.1, 0.15) is 12.8 Å². The molecule has 4 nitrogen and oxygen atoms in total. The Morgan fingerprint density at radius 1 is 1.60 bits per heavy atom. The first-order chi connectivity index (χ1) is 4.63. The van der Waals surface area contributed by atoms with Crippen LogP contribution >= 0.6 is 0 Å². The Balaban J connectivity index is 2.57. The predicted molar refractivity (Wildman–Crippen MR) is 34.4 cm³/mol. The molecule has 0 spiro atoms. The Morgan fingerprint density at radius 2 is 2.20 bits per heavy atom. The van der Waals surface area contributed by atoms with Gasteiger partial charge in [0.15, 0.2) is 0 Å². The van der Waals surface area contributed by atoms with Crippen molar-refractivity contribution in [2.24, 2.45) is 0 Å². The molecule has 0 amide bonds. The smallest absolute Gasteiger partial charge is 0.320 e. The molecule has 2 unspecified atom stereocenters.